The third-order valence-corrected chi connectivity index (χ3v) is 5.29. The first-order chi connectivity index (χ1) is 9.75. The van der Waals surface area contributed by atoms with E-state index in [9.17, 15) is 18.5 Å². The molecule has 0 aliphatic heterocycles. The highest BCUT2D eigenvalue weighted by atomic mass is 32.2. The van der Waals surface area contributed by atoms with E-state index in [4.69, 9.17) is 5.84 Å². The van der Waals surface area contributed by atoms with Crippen LogP contribution >= 0.6 is 0 Å². The summed E-state index contributed by atoms with van der Waals surface area (Å²) >= 11 is 0. The molecule has 3 N–H and O–H groups in total. The highest BCUT2D eigenvalue weighted by Gasteiger charge is 2.27. The summed E-state index contributed by atoms with van der Waals surface area (Å²) in [6.45, 7) is 3.76. The minimum absolute atomic E-state index is 0.0585. The molecule has 1 rings (SSSR count). The Labute approximate surface area is 124 Å². The van der Waals surface area contributed by atoms with Crippen LogP contribution in [0, 0.1) is 10.1 Å². The summed E-state index contributed by atoms with van der Waals surface area (Å²) in [5.74, 6) is 5.18. The van der Waals surface area contributed by atoms with Crippen LogP contribution in [0.1, 0.15) is 26.7 Å². The van der Waals surface area contributed by atoms with E-state index < -0.39 is 14.9 Å². The number of hydrogen-bond acceptors (Lipinski definition) is 6. The maximum Gasteiger partial charge on any atom is 0.294 e. The fraction of sp³-hybridized carbons (Fsp3) is 0.500. The number of hydrogen-bond donors (Lipinski definition) is 2. The van der Waals surface area contributed by atoms with Crippen LogP contribution in [-0.2, 0) is 10.0 Å². The number of hydrazine groups is 1. The molecule has 0 amide bonds. The van der Waals surface area contributed by atoms with Crippen LogP contribution in [0.15, 0.2) is 23.1 Å². The van der Waals surface area contributed by atoms with Gasteiger partial charge in [0.15, 0.2) is 0 Å². The molecule has 0 aliphatic carbocycles. The second-order valence-corrected chi connectivity index (χ2v) is 6.74. The van der Waals surface area contributed by atoms with E-state index in [-0.39, 0.29) is 22.3 Å². The van der Waals surface area contributed by atoms with Crippen molar-refractivity contribution in [3.63, 3.8) is 0 Å². The molecule has 0 aromatic heterocycles. The van der Waals surface area contributed by atoms with Crippen molar-refractivity contribution in [3.05, 3.63) is 28.3 Å². The van der Waals surface area contributed by atoms with Crippen molar-refractivity contribution < 1.29 is 13.3 Å². The van der Waals surface area contributed by atoms with Crippen LogP contribution in [0.3, 0.4) is 0 Å². The predicted molar refractivity (Wildman–Crippen MR) is 80.2 cm³/mol. The van der Waals surface area contributed by atoms with E-state index in [1.165, 1.54) is 23.5 Å². The molecule has 0 radical (unpaired) electrons. The number of anilines is 1. The third kappa shape index (κ3) is 3.69. The van der Waals surface area contributed by atoms with Crippen molar-refractivity contribution in [2.75, 3.05) is 12.5 Å². The number of nitro benzene ring substituents is 1. The smallest absolute Gasteiger partial charge is 0.294 e. The number of nitrogen functional groups attached to an aromatic ring is 1. The normalized spacial score (nSPS) is 13.2. The highest BCUT2D eigenvalue weighted by molar-refractivity contribution is 7.89. The Balaban J connectivity index is 3.26. The molecule has 1 aromatic carbocycles. The van der Waals surface area contributed by atoms with Gasteiger partial charge in [-0.05, 0) is 25.5 Å². The summed E-state index contributed by atoms with van der Waals surface area (Å²) in [6, 6.07) is 3.40. The van der Waals surface area contributed by atoms with Crippen LogP contribution in [0.2, 0.25) is 0 Å². The van der Waals surface area contributed by atoms with E-state index in [0.717, 1.165) is 12.5 Å². The summed E-state index contributed by atoms with van der Waals surface area (Å²) in [5, 5.41) is 11.0. The summed E-state index contributed by atoms with van der Waals surface area (Å²) < 4.78 is 26.2. The molecule has 118 valence electrons. The van der Waals surface area contributed by atoms with Gasteiger partial charge in [0.2, 0.25) is 10.0 Å². The average Bonchev–Trinajstić information content (AvgIpc) is 2.45. The van der Waals surface area contributed by atoms with E-state index in [1.807, 2.05) is 6.92 Å². The number of nitrogens with zero attached hydrogens (tertiary/aromatic N) is 2. The number of nitrogens with one attached hydrogen (secondary N) is 1. The van der Waals surface area contributed by atoms with Gasteiger partial charge in [0.1, 0.15) is 5.69 Å². The molecule has 1 aromatic rings. The first kappa shape index (κ1) is 17.3. The van der Waals surface area contributed by atoms with E-state index >= 15 is 0 Å². The topological polar surface area (TPSA) is 119 Å². The van der Waals surface area contributed by atoms with Gasteiger partial charge in [0.25, 0.3) is 5.69 Å². The summed E-state index contributed by atoms with van der Waals surface area (Å²) in [4.78, 5) is 10.2. The quantitative estimate of drug-likeness (QED) is 0.449. The third-order valence-electron chi connectivity index (χ3n) is 3.33. The number of benzene rings is 1. The Morgan fingerprint density at radius 3 is 2.57 bits per heavy atom. The Kier molecular flexibility index (Phi) is 5.64. The van der Waals surface area contributed by atoms with Crippen molar-refractivity contribution in [1.82, 2.24) is 4.31 Å². The van der Waals surface area contributed by atoms with Gasteiger partial charge in [-0.1, -0.05) is 13.3 Å². The van der Waals surface area contributed by atoms with Crippen molar-refractivity contribution in [3.8, 4) is 0 Å². The molecule has 21 heavy (non-hydrogen) atoms. The predicted octanol–water partition coefficient (Wildman–Crippen LogP) is 1.69. The van der Waals surface area contributed by atoms with Gasteiger partial charge in [-0.2, -0.15) is 4.31 Å². The number of sulfonamides is 1. The molecular formula is C12H20N4O4S. The summed E-state index contributed by atoms with van der Waals surface area (Å²) in [5.41, 5.74) is 1.86. The number of rotatable bonds is 7. The molecule has 0 fully saturated rings. The summed E-state index contributed by atoms with van der Waals surface area (Å²) in [7, 11) is -2.31. The Morgan fingerprint density at radius 1 is 1.48 bits per heavy atom. The minimum atomic E-state index is -3.78. The molecule has 8 nitrogen and oxygen atoms in total. The molecule has 0 bridgehead atoms. The maximum absolute atomic E-state index is 12.5. The molecule has 1 atom stereocenters. The minimum Gasteiger partial charge on any atom is -0.318 e. The van der Waals surface area contributed by atoms with E-state index in [1.54, 1.807) is 6.92 Å². The Morgan fingerprint density at radius 2 is 2.10 bits per heavy atom. The molecule has 0 saturated carbocycles. The van der Waals surface area contributed by atoms with E-state index in [2.05, 4.69) is 5.43 Å². The van der Waals surface area contributed by atoms with Crippen LogP contribution in [-0.4, -0.2) is 30.7 Å². The standard InChI is InChI=1S/C12H20N4O4S/c1-4-5-9(2)15(3)21(19,20)10-6-7-11(14-13)12(8-10)16(17)18/h6-9,14H,4-5,13H2,1-3H3. The molecular weight excluding hydrogens is 296 g/mol. The first-order valence-electron chi connectivity index (χ1n) is 6.48. The SMILES string of the molecule is CCCC(C)N(C)S(=O)(=O)c1ccc(NN)c([N+](=O)[O-])c1. The fourth-order valence-corrected chi connectivity index (χ4v) is 3.36. The first-order valence-corrected chi connectivity index (χ1v) is 7.92. The lowest BCUT2D eigenvalue weighted by atomic mass is 10.2. The number of nitro groups is 1. The second kappa shape index (κ2) is 6.83. The summed E-state index contributed by atoms with van der Waals surface area (Å²) in [6.07, 6.45) is 1.55. The van der Waals surface area contributed by atoms with Gasteiger partial charge in [-0.25, -0.2) is 8.42 Å². The van der Waals surface area contributed by atoms with Crippen molar-refractivity contribution >= 4 is 21.4 Å². The van der Waals surface area contributed by atoms with Crippen molar-refractivity contribution in [1.29, 1.82) is 0 Å². The average molecular weight is 316 g/mol. The zero-order valence-corrected chi connectivity index (χ0v) is 13.1. The van der Waals surface area contributed by atoms with Gasteiger partial charge < -0.3 is 5.43 Å². The lowest BCUT2D eigenvalue weighted by Crippen LogP contribution is -2.35. The van der Waals surface area contributed by atoms with Gasteiger partial charge in [0, 0.05) is 19.2 Å². The fourth-order valence-electron chi connectivity index (χ4n) is 1.95. The van der Waals surface area contributed by atoms with Crippen molar-refractivity contribution in [2.24, 2.45) is 5.84 Å². The van der Waals surface area contributed by atoms with Gasteiger partial charge >= 0.3 is 0 Å². The van der Waals surface area contributed by atoms with Crippen LogP contribution in [0.25, 0.3) is 0 Å². The molecule has 0 saturated heterocycles. The molecule has 0 spiro atoms. The molecule has 0 heterocycles. The largest absolute Gasteiger partial charge is 0.318 e. The molecule has 9 heteroatoms. The zero-order valence-electron chi connectivity index (χ0n) is 12.2. The monoisotopic (exact) mass is 316 g/mol. The zero-order chi connectivity index (χ0) is 16.2. The van der Waals surface area contributed by atoms with Gasteiger partial charge in [-0.15, -0.1) is 0 Å². The van der Waals surface area contributed by atoms with Gasteiger partial charge in [-0.3, -0.25) is 16.0 Å². The second-order valence-electron chi connectivity index (χ2n) is 4.74. The van der Waals surface area contributed by atoms with Crippen LogP contribution in [0.4, 0.5) is 11.4 Å². The highest BCUT2D eigenvalue weighted by Crippen LogP contribution is 2.28. The lowest BCUT2D eigenvalue weighted by Gasteiger charge is -2.24. The number of nitrogens with two attached hydrogens (primary N) is 1. The molecule has 1 unspecified atom stereocenters. The van der Waals surface area contributed by atoms with Crippen LogP contribution < -0.4 is 11.3 Å². The van der Waals surface area contributed by atoms with E-state index in [0.29, 0.717) is 6.42 Å². The Bertz CT molecular complexity index is 618. The molecule has 0 aliphatic rings. The van der Waals surface area contributed by atoms with Gasteiger partial charge in [0.05, 0.1) is 9.82 Å². The lowest BCUT2D eigenvalue weighted by molar-refractivity contribution is -0.384. The Hall–Kier alpha value is -1.71. The maximum atomic E-state index is 12.5. The van der Waals surface area contributed by atoms with Crippen LogP contribution in [0.5, 0.6) is 0 Å². The van der Waals surface area contributed by atoms with Crippen molar-refractivity contribution in [2.45, 2.75) is 37.6 Å².